The summed E-state index contributed by atoms with van der Waals surface area (Å²) in [5.74, 6) is -6.19. The average Bonchev–Trinajstić information content (AvgIpc) is 2.52. The van der Waals surface area contributed by atoms with Crippen molar-refractivity contribution in [1.29, 1.82) is 0 Å². The molecule has 0 spiro atoms. The number of aliphatic carboxylic acids is 1. The zero-order valence-electron chi connectivity index (χ0n) is 12.2. The molecule has 1 aliphatic carbocycles. The van der Waals surface area contributed by atoms with Gasteiger partial charge in [0.1, 0.15) is 5.54 Å². The first-order valence-electron chi connectivity index (χ1n) is 7.23. The van der Waals surface area contributed by atoms with E-state index in [9.17, 15) is 27.9 Å². The quantitative estimate of drug-likeness (QED) is 0.660. The van der Waals surface area contributed by atoms with E-state index in [1.165, 1.54) is 0 Å². The predicted molar refractivity (Wildman–Crippen MR) is 76.9 cm³/mol. The molecule has 23 heavy (non-hydrogen) atoms. The van der Waals surface area contributed by atoms with E-state index in [1.54, 1.807) is 0 Å². The molecule has 1 aromatic rings. The van der Waals surface area contributed by atoms with E-state index in [1.807, 2.05) is 0 Å². The predicted octanol–water partition coefficient (Wildman–Crippen LogP) is 3.02. The molecular formula is C16H16F3NO3. The second-order valence-corrected chi connectivity index (χ2v) is 5.54. The summed E-state index contributed by atoms with van der Waals surface area (Å²) in [6.07, 6.45) is 4.81. The fraction of sp³-hybridized carbons (Fsp3) is 0.375. The van der Waals surface area contributed by atoms with Crippen LogP contribution in [0, 0.1) is 17.5 Å². The second kappa shape index (κ2) is 6.85. The van der Waals surface area contributed by atoms with Crippen LogP contribution in [0.25, 0.3) is 6.08 Å². The Kier molecular flexibility index (Phi) is 5.08. The molecule has 0 aliphatic heterocycles. The molecular weight excluding hydrogens is 311 g/mol. The molecule has 2 rings (SSSR count). The number of rotatable bonds is 4. The van der Waals surface area contributed by atoms with Crippen molar-refractivity contribution in [1.82, 2.24) is 5.32 Å². The molecule has 2 N–H and O–H groups in total. The van der Waals surface area contributed by atoms with Crippen molar-refractivity contribution >= 4 is 18.0 Å². The molecule has 1 fully saturated rings. The van der Waals surface area contributed by atoms with Crippen LogP contribution in [0.5, 0.6) is 0 Å². The van der Waals surface area contributed by atoms with Crippen LogP contribution in [-0.2, 0) is 9.59 Å². The maximum atomic E-state index is 13.5. The van der Waals surface area contributed by atoms with Gasteiger partial charge in [0, 0.05) is 11.6 Å². The Morgan fingerprint density at radius 1 is 1.09 bits per heavy atom. The van der Waals surface area contributed by atoms with Gasteiger partial charge in [-0.1, -0.05) is 19.3 Å². The number of amides is 1. The minimum atomic E-state index is -1.62. The molecule has 0 heterocycles. The van der Waals surface area contributed by atoms with Gasteiger partial charge in [-0.25, -0.2) is 18.0 Å². The van der Waals surface area contributed by atoms with Gasteiger partial charge in [-0.3, -0.25) is 4.79 Å². The van der Waals surface area contributed by atoms with E-state index in [0.29, 0.717) is 25.7 Å². The maximum absolute atomic E-state index is 13.5. The maximum Gasteiger partial charge on any atom is 0.329 e. The van der Waals surface area contributed by atoms with Gasteiger partial charge in [-0.15, -0.1) is 0 Å². The lowest BCUT2D eigenvalue weighted by Gasteiger charge is -2.33. The standard InChI is InChI=1S/C16H16F3NO3/c17-11-6-4-10(13(18)14(11)19)5-7-12(21)20-16(15(22)23)8-2-1-3-9-16/h4-7H,1-3,8-9H2,(H,20,21)(H,22,23)/b7-5+. The molecule has 0 bridgehead atoms. The first-order valence-corrected chi connectivity index (χ1v) is 7.23. The van der Waals surface area contributed by atoms with E-state index in [2.05, 4.69) is 5.32 Å². The van der Waals surface area contributed by atoms with E-state index in [4.69, 9.17) is 0 Å². The van der Waals surface area contributed by atoms with Crippen molar-refractivity contribution in [3.05, 3.63) is 41.2 Å². The minimum Gasteiger partial charge on any atom is -0.480 e. The Balaban J connectivity index is 2.12. The van der Waals surface area contributed by atoms with Gasteiger partial charge in [0.25, 0.3) is 0 Å². The number of benzene rings is 1. The van der Waals surface area contributed by atoms with Crippen LogP contribution in [-0.4, -0.2) is 22.5 Å². The van der Waals surface area contributed by atoms with Crippen molar-refractivity contribution in [3.8, 4) is 0 Å². The number of hydrogen-bond donors (Lipinski definition) is 2. The Hall–Kier alpha value is -2.31. The third-order valence-corrected chi connectivity index (χ3v) is 3.96. The number of halogens is 3. The van der Waals surface area contributed by atoms with Crippen LogP contribution in [0.4, 0.5) is 13.2 Å². The lowest BCUT2D eigenvalue weighted by atomic mass is 9.81. The topological polar surface area (TPSA) is 66.4 Å². The van der Waals surface area contributed by atoms with Crippen LogP contribution < -0.4 is 5.32 Å². The molecule has 124 valence electrons. The third-order valence-electron chi connectivity index (χ3n) is 3.96. The lowest BCUT2D eigenvalue weighted by Crippen LogP contribution is -2.55. The van der Waals surface area contributed by atoms with Crippen LogP contribution in [0.1, 0.15) is 37.7 Å². The normalized spacial score (nSPS) is 17.2. The molecule has 4 nitrogen and oxygen atoms in total. The van der Waals surface area contributed by atoms with Crippen molar-refractivity contribution in [2.75, 3.05) is 0 Å². The minimum absolute atomic E-state index is 0.299. The Labute approximate surface area is 131 Å². The fourth-order valence-electron chi connectivity index (χ4n) is 2.66. The Morgan fingerprint density at radius 3 is 2.35 bits per heavy atom. The van der Waals surface area contributed by atoms with Crippen LogP contribution in [0.3, 0.4) is 0 Å². The second-order valence-electron chi connectivity index (χ2n) is 5.54. The van der Waals surface area contributed by atoms with Gasteiger partial charge >= 0.3 is 5.97 Å². The highest BCUT2D eigenvalue weighted by Crippen LogP contribution is 2.28. The summed E-state index contributed by atoms with van der Waals surface area (Å²) in [6.45, 7) is 0. The van der Waals surface area contributed by atoms with Crippen molar-refractivity contribution in [2.45, 2.75) is 37.6 Å². The summed E-state index contributed by atoms with van der Waals surface area (Å²) < 4.78 is 39.4. The molecule has 0 atom stereocenters. The molecule has 1 aromatic carbocycles. The Bertz CT molecular complexity index is 652. The molecule has 1 saturated carbocycles. The summed E-state index contributed by atoms with van der Waals surface area (Å²) in [6, 6.07) is 1.74. The Morgan fingerprint density at radius 2 is 1.74 bits per heavy atom. The highest BCUT2D eigenvalue weighted by molar-refractivity contribution is 5.95. The van der Waals surface area contributed by atoms with Crippen molar-refractivity contribution in [2.24, 2.45) is 0 Å². The zero-order chi connectivity index (χ0) is 17.0. The van der Waals surface area contributed by atoms with E-state index >= 15 is 0 Å². The summed E-state index contributed by atoms with van der Waals surface area (Å²) in [5, 5.41) is 11.8. The van der Waals surface area contributed by atoms with E-state index in [0.717, 1.165) is 30.7 Å². The summed E-state index contributed by atoms with van der Waals surface area (Å²) in [5.41, 5.74) is -1.63. The smallest absolute Gasteiger partial charge is 0.329 e. The van der Waals surface area contributed by atoms with E-state index in [-0.39, 0.29) is 5.56 Å². The van der Waals surface area contributed by atoms with Gasteiger partial charge in [-0.2, -0.15) is 0 Å². The largest absolute Gasteiger partial charge is 0.480 e. The first kappa shape index (κ1) is 17.1. The molecule has 1 amide bonds. The highest BCUT2D eigenvalue weighted by atomic mass is 19.2. The molecule has 1 aliphatic rings. The molecule has 0 radical (unpaired) electrons. The number of carboxylic acid groups (broad SMARTS) is 1. The van der Waals surface area contributed by atoms with Crippen LogP contribution in [0.15, 0.2) is 18.2 Å². The summed E-state index contributed by atoms with van der Waals surface area (Å²) >= 11 is 0. The lowest BCUT2D eigenvalue weighted by molar-refractivity contribution is -0.148. The van der Waals surface area contributed by atoms with Gasteiger partial charge in [0.2, 0.25) is 5.91 Å². The number of carbonyl (C=O) groups is 2. The summed E-state index contributed by atoms with van der Waals surface area (Å²) in [4.78, 5) is 23.3. The van der Waals surface area contributed by atoms with Crippen LogP contribution >= 0.6 is 0 Å². The molecule has 0 saturated heterocycles. The van der Waals surface area contributed by atoms with Gasteiger partial charge in [0.05, 0.1) is 0 Å². The van der Waals surface area contributed by atoms with E-state index < -0.39 is 34.9 Å². The number of carbonyl (C=O) groups excluding carboxylic acids is 1. The molecule has 0 unspecified atom stereocenters. The fourth-order valence-corrected chi connectivity index (χ4v) is 2.66. The SMILES string of the molecule is O=C(/C=C/c1ccc(F)c(F)c1F)NC1(C(=O)O)CCCCC1. The van der Waals surface area contributed by atoms with Crippen molar-refractivity contribution in [3.63, 3.8) is 0 Å². The molecule has 7 heteroatoms. The van der Waals surface area contributed by atoms with Gasteiger partial charge < -0.3 is 10.4 Å². The van der Waals surface area contributed by atoms with Gasteiger partial charge in [-0.05, 0) is 31.1 Å². The molecule has 0 aromatic heterocycles. The monoisotopic (exact) mass is 327 g/mol. The highest BCUT2D eigenvalue weighted by Gasteiger charge is 2.40. The number of nitrogens with one attached hydrogen (secondary N) is 1. The van der Waals surface area contributed by atoms with Gasteiger partial charge in [0.15, 0.2) is 17.5 Å². The first-order chi connectivity index (χ1) is 10.9. The number of hydrogen-bond acceptors (Lipinski definition) is 2. The third kappa shape index (κ3) is 3.72. The average molecular weight is 327 g/mol. The van der Waals surface area contributed by atoms with Crippen LogP contribution in [0.2, 0.25) is 0 Å². The zero-order valence-corrected chi connectivity index (χ0v) is 12.2. The summed E-state index contributed by atoms with van der Waals surface area (Å²) in [7, 11) is 0. The number of carboxylic acids is 1. The van der Waals surface area contributed by atoms with Crippen molar-refractivity contribution < 1.29 is 27.9 Å².